The first kappa shape index (κ1) is 19.6. The predicted octanol–water partition coefficient (Wildman–Crippen LogP) is 2.55. The molecule has 0 aliphatic heterocycles. The second-order valence-electron chi connectivity index (χ2n) is 6.39. The van der Waals surface area contributed by atoms with E-state index in [9.17, 15) is 0 Å². The van der Waals surface area contributed by atoms with Gasteiger partial charge < -0.3 is 15.2 Å². The number of aliphatic imine (C=N–C) groups is 1. The molecule has 0 spiro atoms. The quantitative estimate of drug-likeness (QED) is 0.395. The van der Waals surface area contributed by atoms with Gasteiger partial charge in [0.2, 0.25) is 0 Å². The zero-order valence-corrected chi connectivity index (χ0v) is 15.5. The second-order valence-corrected chi connectivity index (χ2v) is 6.39. The van der Waals surface area contributed by atoms with E-state index in [0.29, 0.717) is 12.1 Å². The van der Waals surface area contributed by atoms with Gasteiger partial charge in [0.15, 0.2) is 5.96 Å². The summed E-state index contributed by atoms with van der Waals surface area (Å²) < 4.78 is 2.17. The molecule has 0 aliphatic rings. The summed E-state index contributed by atoms with van der Waals surface area (Å²) in [4.78, 5) is 7.20. The van der Waals surface area contributed by atoms with E-state index in [2.05, 4.69) is 84.2 Å². The minimum absolute atomic E-state index is 0.590. The number of hydrogen-bond donors (Lipinski definition) is 2. The van der Waals surface area contributed by atoms with Crippen LogP contribution >= 0.6 is 0 Å². The number of hydrogen-bond acceptors (Lipinski definition) is 2. The molecule has 2 N–H and O–H groups in total. The molecule has 5 nitrogen and oxygen atoms in total. The Morgan fingerprint density at radius 1 is 1.09 bits per heavy atom. The Morgan fingerprint density at radius 3 is 2.30 bits per heavy atom. The van der Waals surface area contributed by atoms with E-state index >= 15 is 0 Å². The molecular weight excluding hydrogens is 286 g/mol. The maximum Gasteiger partial charge on any atom is 0.191 e. The van der Waals surface area contributed by atoms with E-state index in [0.717, 1.165) is 45.1 Å². The molecule has 1 rings (SSSR count). The maximum atomic E-state index is 4.68. The van der Waals surface area contributed by atoms with Crippen LogP contribution in [0, 0.1) is 0 Å². The van der Waals surface area contributed by atoms with Crippen molar-refractivity contribution in [3.8, 4) is 0 Å². The van der Waals surface area contributed by atoms with Crippen LogP contribution in [0.3, 0.4) is 0 Å². The highest BCUT2D eigenvalue weighted by atomic mass is 15.2. The third-order valence-corrected chi connectivity index (χ3v) is 3.84. The van der Waals surface area contributed by atoms with Gasteiger partial charge in [0.1, 0.15) is 0 Å². The molecule has 1 aromatic rings. The predicted molar refractivity (Wildman–Crippen MR) is 100 cm³/mol. The van der Waals surface area contributed by atoms with Crippen LogP contribution in [-0.2, 0) is 6.54 Å². The average molecular weight is 322 g/mol. The van der Waals surface area contributed by atoms with Gasteiger partial charge in [-0.3, -0.25) is 9.89 Å². The van der Waals surface area contributed by atoms with Gasteiger partial charge in [0.25, 0.3) is 0 Å². The summed E-state index contributed by atoms with van der Waals surface area (Å²) in [7, 11) is 0. The highest BCUT2D eigenvalue weighted by Crippen LogP contribution is 2.05. The standard InChI is InChI=1S/C18H35N5/c1-6-19-18(21-11-15-22-12-7-8-13-22)20-10-9-14-23(16(2)3)17(4)5/h7-8,12-13,16-17H,6,9-11,14-15H2,1-5H3,(H2,19,20,21). The minimum atomic E-state index is 0.590. The van der Waals surface area contributed by atoms with E-state index < -0.39 is 0 Å². The molecule has 0 fully saturated rings. The van der Waals surface area contributed by atoms with Gasteiger partial charge in [-0.15, -0.1) is 0 Å². The number of nitrogens with zero attached hydrogens (tertiary/aromatic N) is 3. The zero-order valence-electron chi connectivity index (χ0n) is 15.5. The Bertz CT molecular complexity index is 415. The monoisotopic (exact) mass is 321 g/mol. The summed E-state index contributed by atoms with van der Waals surface area (Å²) in [6, 6.07) is 5.28. The number of nitrogens with one attached hydrogen (secondary N) is 2. The Balaban J connectivity index is 2.33. The van der Waals surface area contributed by atoms with Crippen LogP contribution in [0.1, 0.15) is 41.0 Å². The zero-order chi connectivity index (χ0) is 17.1. The summed E-state index contributed by atoms with van der Waals surface area (Å²) >= 11 is 0. The Hall–Kier alpha value is -1.49. The largest absolute Gasteiger partial charge is 0.357 e. The Labute approximate surface area is 142 Å². The lowest BCUT2D eigenvalue weighted by Crippen LogP contribution is -2.39. The highest BCUT2D eigenvalue weighted by molar-refractivity contribution is 5.79. The Morgan fingerprint density at radius 2 is 1.74 bits per heavy atom. The molecule has 0 atom stereocenters. The van der Waals surface area contributed by atoms with Crippen molar-refractivity contribution >= 4 is 5.96 Å². The van der Waals surface area contributed by atoms with E-state index in [1.165, 1.54) is 0 Å². The molecule has 0 unspecified atom stereocenters. The third kappa shape index (κ3) is 8.07. The van der Waals surface area contributed by atoms with Crippen molar-refractivity contribution in [1.82, 2.24) is 20.1 Å². The van der Waals surface area contributed by atoms with E-state index in [1.807, 2.05) is 0 Å². The lowest BCUT2D eigenvalue weighted by Gasteiger charge is -2.30. The van der Waals surface area contributed by atoms with Crippen LogP contribution in [0.25, 0.3) is 0 Å². The van der Waals surface area contributed by atoms with Crippen LogP contribution < -0.4 is 10.6 Å². The van der Waals surface area contributed by atoms with Crippen molar-refractivity contribution in [2.24, 2.45) is 4.99 Å². The van der Waals surface area contributed by atoms with Crippen LogP contribution in [0.5, 0.6) is 0 Å². The molecule has 0 saturated heterocycles. The van der Waals surface area contributed by atoms with Crippen molar-refractivity contribution in [1.29, 1.82) is 0 Å². The second kappa shape index (κ2) is 11.1. The molecule has 132 valence electrons. The Kier molecular flexibility index (Phi) is 9.45. The summed E-state index contributed by atoms with van der Waals surface area (Å²) in [5.74, 6) is 0.917. The minimum Gasteiger partial charge on any atom is -0.357 e. The van der Waals surface area contributed by atoms with Gasteiger partial charge >= 0.3 is 0 Å². The molecular formula is C18H35N5. The highest BCUT2D eigenvalue weighted by Gasteiger charge is 2.12. The molecule has 0 aliphatic carbocycles. The first-order valence-corrected chi connectivity index (χ1v) is 8.93. The first-order valence-electron chi connectivity index (χ1n) is 8.93. The van der Waals surface area contributed by atoms with Crippen molar-refractivity contribution in [3.63, 3.8) is 0 Å². The molecule has 0 radical (unpaired) electrons. The third-order valence-electron chi connectivity index (χ3n) is 3.84. The lowest BCUT2D eigenvalue weighted by atomic mass is 10.2. The molecule has 0 aromatic carbocycles. The molecule has 0 bridgehead atoms. The van der Waals surface area contributed by atoms with Gasteiger partial charge in [-0.05, 0) is 53.2 Å². The number of rotatable bonds is 10. The molecule has 1 heterocycles. The van der Waals surface area contributed by atoms with Gasteiger partial charge in [-0.1, -0.05) is 0 Å². The summed E-state index contributed by atoms with van der Waals surface area (Å²) in [6.07, 6.45) is 5.25. The molecule has 1 aromatic heterocycles. The summed E-state index contributed by atoms with van der Waals surface area (Å²) in [5, 5.41) is 6.71. The van der Waals surface area contributed by atoms with E-state index in [1.54, 1.807) is 0 Å². The molecule has 0 saturated carbocycles. The SMILES string of the molecule is CCNC(=NCCCN(C(C)C)C(C)C)NCCn1cccc1. The summed E-state index contributed by atoms with van der Waals surface area (Å²) in [6.45, 7) is 15.8. The van der Waals surface area contributed by atoms with Crippen LogP contribution in [0.2, 0.25) is 0 Å². The van der Waals surface area contributed by atoms with Crippen LogP contribution in [-0.4, -0.2) is 53.7 Å². The fourth-order valence-corrected chi connectivity index (χ4v) is 2.72. The fourth-order valence-electron chi connectivity index (χ4n) is 2.72. The van der Waals surface area contributed by atoms with E-state index in [4.69, 9.17) is 0 Å². The fraction of sp³-hybridized carbons (Fsp3) is 0.722. The lowest BCUT2D eigenvalue weighted by molar-refractivity contribution is 0.174. The van der Waals surface area contributed by atoms with Crippen molar-refractivity contribution < 1.29 is 0 Å². The van der Waals surface area contributed by atoms with E-state index in [-0.39, 0.29) is 0 Å². The van der Waals surface area contributed by atoms with Gasteiger partial charge in [-0.2, -0.15) is 0 Å². The molecule has 23 heavy (non-hydrogen) atoms. The summed E-state index contributed by atoms with van der Waals surface area (Å²) in [5.41, 5.74) is 0. The molecule has 5 heteroatoms. The normalized spacial score (nSPS) is 12.4. The van der Waals surface area contributed by atoms with Crippen molar-refractivity contribution in [2.45, 2.75) is 59.7 Å². The van der Waals surface area contributed by atoms with Crippen LogP contribution in [0.15, 0.2) is 29.5 Å². The first-order chi connectivity index (χ1) is 11.0. The van der Waals surface area contributed by atoms with Crippen molar-refractivity contribution in [3.05, 3.63) is 24.5 Å². The van der Waals surface area contributed by atoms with Gasteiger partial charge in [0.05, 0.1) is 0 Å². The smallest absolute Gasteiger partial charge is 0.191 e. The number of guanidine groups is 1. The maximum absolute atomic E-state index is 4.68. The van der Waals surface area contributed by atoms with Crippen LogP contribution in [0.4, 0.5) is 0 Å². The molecule has 0 amide bonds. The van der Waals surface area contributed by atoms with Crippen molar-refractivity contribution in [2.75, 3.05) is 26.2 Å². The van der Waals surface area contributed by atoms with Gasteiger partial charge in [-0.25, -0.2) is 0 Å². The topological polar surface area (TPSA) is 44.6 Å². The van der Waals surface area contributed by atoms with Gasteiger partial charge in [0, 0.05) is 57.2 Å². The number of aromatic nitrogens is 1. The average Bonchev–Trinajstić information content (AvgIpc) is 2.99.